The van der Waals surface area contributed by atoms with E-state index in [-0.39, 0.29) is 30.7 Å². The molecule has 0 aliphatic carbocycles. The van der Waals surface area contributed by atoms with Gasteiger partial charge >= 0.3 is 0 Å². The van der Waals surface area contributed by atoms with Crippen molar-refractivity contribution in [2.24, 2.45) is 11.1 Å². The Morgan fingerprint density at radius 3 is 2.24 bits per heavy atom. The van der Waals surface area contributed by atoms with Crippen molar-refractivity contribution < 1.29 is 4.79 Å². The van der Waals surface area contributed by atoms with Gasteiger partial charge in [0.1, 0.15) is 0 Å². The molecular weight excluding hydrogens is 357 g/mol. The molecule has 25 heavy (non-hydrogen) atoms. The van der Waals surface area contributed by atoms with E-state index in [1.807, 2.05) is 13.8 Å². The number of hydrogen-bond donors (Lipinski definition) is 2. The van der Waals surface area contributed by atoms with Crippen molar-refractivity contribution in [3.05, 3.63) is 35.4 Å². The van der Waals surface area contributed by atoms with E-state index in [0.29, 0.717) is 19.1 Å². The molecule has 0 saturated carbocycles. The van der Waals surface area contributed by atoms with Gasteiger partial charge in [0.15, 0.2) is 0 Å². The lowest BCUT2D eigenvalue weighted by Gasteiger charge is -2.28. The highest BCUT2D eigenvalue weighted by Crippen LogP contribution is 2.25. The van der Waals surface area contributed by atoms with E-state index in [2.05, 4.69) is 55.4 Å². The van der Waals surface area contributed by atoms with E-state index in [0.717, 1.165) is 24.9 Å². The molecule has 0 aliphatic rings. The maximum absolute atomic E-state index is 12.5. The lowest BCUT2D eigenvalue weighted by molar-refractivity contribution is -0.131. The molecule has 0 aliphatic heterocycles. The van der Waals surface area contributed by atoms with Gasteiger partial charge < -0.3 is 11.1 Å². The molecule has 1 aromatic carbocycles. The smallest absolute Gasteiger partial charge is 0.227 e. The Bertz CT molecular complexity index is 497. The normalized spacial score (nSPS) is 11.0. The minimum atomic E-state index is -0.435. The molecule has 6 heteroatoms. The zero-order chi connectivity index (χ0) is 17.5. The van der Waals surface area contributed by atoms with E-state index in [1.54, 1.807) is 0 Å². The Morgan fingerprint density at radius 2 is 1.76 bits per heavy atom. The molecular formula is C19H35Cl2N3O. The van der Waals surface area contributed by atoms with Gasteiger partial charge in [-0.1, -0.05) is 38.1 Å². The largest absolute Gasteiger partial charge is 0.352 e. The molecule has 146 valence electrons. The number of nitrogens with zero attached hydrogens (tertiary/aromatic N) is 1. The lowest BCUT2D eigenvalue weighted by atomic mass is 9.81. The number of hydrogen-bond acceptors (Lipinski definition) is 3. The number of carbonyl (C=O) groups is 1. The molecule has 0 unspecified atom stereocenters. The lowest BCUT2D eigenvalue weighted by Crippen LogP contribution is -2.45. The van der Waals surface area contributed by atoms with E-state index in [9.17, 15) is 4.79 Å². The molecule has 3 N–H and O–H groups in total. The number of nitrogens with two attached hydrogens (primary N) is 1. The van der Waals surface area contributed by atoms with Gasteiger partial charge in [-0.25, -0.2) is 0 Å². The summed E-state index contributed by atoms with van der Waals surface area (Å²) < 4.78 is 0. The molecule has 0 aromatic heterocycles. The average Bonchev–Trinajstić information content (AvgIpc) is 2.55. The van der Waals surface area contributed by atoms with Crippen LogP contribution in [0.25, 0.3) is 0 Å². The van der Waals surface area contributed by atoms with Crippen LogP contribution in [0.5, 0.6) is 0 Å². The molecule has 1 rings (SSSR count). The zero-order valence-corrected chi connectivity index (χ0v) is 17.8. The Kier molecular flexibility index (Phi) is 13.2. The van der Waals surface area contributed by atoms with Crippen LogP contribution in [-0.4, -0.2) is 30.4 Å². The quantitative estimate of drug-likeness (QED) is 0.673. The highest BCUT2D eigenvalue weighted by molar-refractivity contribution is 5.85. The fourth-order valence-electron chi connectivity index (χ4n) is 2.63. The summed E-state index contributed by atoms with van der Waals surface area (Å²) in [5.74, 6) is 0.0645. The van der Waals surface area contributed by atoms with Crippen LogP contribution in [0.4, 0.5) is 0 Å². The summed E-state index contributed by atoms with van der Waals surface area (Å²) >= 11 is 0. The van der Waals surface area contributed by atoms with Crippen molar-refractivity contribution in [3.8, 4) is 0 Å². The maximum atomic E-state index is 12.5. The van der Waals surface area contributed by atoms with Gasteiger partial charge in [0.25, 0.3) is 0 Å². The third kappa shape index (κ3) is 7.53. The average molecular weight is 392 g/mol. The molecule has 0 radical (unpaired) electrons. The van der Waals surface area contributed by atoms with E-state index in [1.165, 1.54) is 5.56 Å². The standard InChI is InChI=1S/C19H33N3O.2ClH/c1-6-19(7-2,14-20)18(23)21-12-16-9-8-10-17(11-16)13-22(5)15(3)4;;/h8-11,15H,6-7,12-14,20H2,1-5H3,(H,21,23);2*1H. The third-order valence-electron chi connectivity index (χ3n) is 4.98. The van der Waals surface area contributed by atoms with Crippen LogP contribution < -0.4 is 11.1 Å². The molecule has 0 spiro atoms. The second-order valence-electron chi connectivity index (χ2n) is 6.70. The molecule has 1 aromatic rings. The Hall–Kier alpha value is -0.810. The summed E-state index contributed by atoms with van der Waals surface area (Å²) in [6.45, 7) is 10.3. The van der Waals surface area contributed by atoms with Gasteiger partial charge in [0, 0.05) is 25.7 Å². The van der Waals surface area contributed by atoms with Crippen LogP contribution in [0.1, 0.15) is 51.7 Å². The minimum Gasteiger partial charge on any atom is -0.352 e. The van der Waals surface area contributed by atoms with Gasteiger partial charge in [-0.3, -0.25) is 9.69 Å². The SMILES string of the molecule is CCC(CC)(CN)C(=O)NCc1cccc(CN(C)C(C)C)c1.Cl.Cl. The predicted octanol–water partition coefficient (Wildman–Crippen LogP) is 3.75. The van der Waals surface area contributed by atoms with Crippen LogP contribution in [0.2, 0.25) is 0 Å². The van der Waals surface area contributed by atoms with Gasteiger partial charge in [-0.2, -0.15) is 0 Å². The van der Waals surface area contributed by atoms with Gasteiger partial charge in [0.2, 0.25) is 5.91 Å². The summed E-state index contributed by atoms with van der Waals surface area (Å²) in [6, 6.07) is 8.92. The van der Waals surface area contributed by atoms with Gasteiger partial charge in [-0.05, 0) is 44.9 Å². The first-order valence-corrected chi connectivity index (χ1v) is 8.65. The van der Waals surface area contributed by atoms with Crippen molar-refractivity contribution in [2.45, 2.75) is 59.7 Å². The van der Waals surface area contributed by atoms with E-state index < -0.39 is 5.41 Å². The number of carbonyl (C=O) groups excluding carboxylic acids is 1. The summed E-state index contributed by atoms with van der Waals surface area (Å²) in [6.07, 6.45) is 1.54. The topological polar surface area (TPSA) is 58.4 Å². The first-order chi connectivity index (χ1) is 10.9. The molecule has 0 fully saturated rings. The first kappa shape index (κ1) is 26.4. The third-order valence-corrected chi connectivity index (χ3v) is 4.98. The van der Waals surface area contributed by atoms with Gasteiger partial charge in [-0.15, -0.1) is 24.8 Å². The first-order valence-electron chi connectivity index (χ1n) is 8.65. The Labute approximate surface area is 165 Å². The maximum Gasteiger partial charge on any atom is 0.227 e. The Balaban J connectivity index is 0. The number of benzene rings is 1. The molecule has 0 atom stereocenters. The van der Waals surface area contributed by atoms with Crippen molar-refractivity contribution in [2.75, 3.05) is 13.6 Å². The second-order valence-corrected chi connectivity index (χ2v) is 6.70. The number of nitrogens with one attached hydrogen (secondary N) is 1. The van der Waals surface area contributed by atoms with Crippen molar-refractivity contribution in [1.82, 2.24) is 10.2 Å². The second kappa shape index (κ2) is 12.5. The summed E-state index contributed by atoms with van der Waals surface area (Å²) in [5.41, 5.74) is 7.80. The van der Waals surface area contributed by atoms with Gasteiger partial charge in [0.05, 0.1) is 5.41 Å². The van der Waals surface area contributed by atoms with Crippen LogP contribution in [0, 0.1) is 5.41 Å². The Morgan fingerprint density at radius 1 is 1.20 bits per heavy atom. The monoisotopic (exact) mass is 391 g/mol. The van der Waals surface area contributed by atoms with Crippen molar-refractivity contribution in [3.63, 3.8) is 0 Å². The van der Waals surface area contributed by atoms with Crippen LogP contribution >= 0.6 is 24.8 Å². The number of amides is 1. The highest BCUT2D eigenvalue weighted by Gasteiger charge is 2.32. The molecule has 0 saturated heterocycles. The summed E-state index contributed by atoms with van der Waals surface area (Å²) in [5, 5.41) is 3.06. The molecule has 4 nitrogen and oxygen atoms in total. The number of rotatable bonds is 9. The van der Waals surface area contributed by atoms with Crippen LogP contribution in [0.15, 0.2) is 24.3 Å². The predicted molar refractivity (Wildman–Crippen MR) is 111 cm³/mol. The number of halogens is 2. The fraction of sp³-hybridized carbons (Fsp3) is 0.632. The van der Waals surface area contributed by atoms with Crippen molar-refractivity contribution >= 4 is 30.7 Å². The molecule has 0 heterocycles. The van der Waals surface area contributed by atoms with Crippen LogP contribution in [0.3, 0.4) is 0 Å². The molecule has 0 bridgehead atoms. The van der Waals surface area contributed by atoms with E-state index >= 15 is 0 Å². The highest BCUT2D eigenvalue weighted by atomic mass is 35.5. The summed E-state index contributed by atoms with van der Waals surface area (Å²) in [4.78, 5) is 14.8. The van der Waals surface area contributed by atoms with Crippen molar-refractivity contribution in [1.29, 1.82) is 0 Å². The van der Waals surface area contributed by atoms with Crippen LogP contribution in [-0.2, 0) is 17.9 Å². The molecule has 1 amide bonds. The summed E-state index contributed by atoms with van der Waals surface area (Å²) in [7, 11) is 2.12. The minimum absolute atomic E-state index is 0. The fourth-order valence-corrected chi connectivity index (χ4v) is 2.63. The zero-order valence-electron chi connectivity index (χ0n) is 16.2. The van der Waals surface area contributed by atoms with E-state index in [4.69, 9.17) is 5.73 Å².